The topological polar surface area (TPSA) is 51.2 Å². The Morgan fingerprint density at radius 1 is 1.40 bits per heavy atom. The molecule has 20 heavy (non-hydrogen) atoms. The van der Waals surface area contributed by atoms with Gasteiger partial charge in [-0.15, -0.1) is 0 Å². The number of carbonyl (C=O) groups is 1. The second-order valence-electron chi connectivity index (χ2n) is 5.18. The van der Waals surface area contributed by atoms with E-state index in [1.807, 2.05) is 42.5 Å². The number of ether oxygens (including phenoxy) is 1. The zero-order valence-electron chi connectivity index (χ0n) is 11.2. The van der Waals surface area contributed by atoms with Gasteiger partial charge in [0.25, 0.3) is 0 Å². The van der Waals surface area contributed by atoms with Crippen molar-refractivity contribution in [2.75, 3.05) is 13.1 Å². The van der Waals surface area contributed by atoms with Crippen LogP contribution in [0.1, 0.15) is 12.1 Å². The van der Waals surface area contributed by atoms with Crippen LogP contribution in [-0.2, 0) is 14.9 Å². The van der Waals surface area contributed by atoms with Gasteiger partial charge in [0.05, 0.1) is 17.9 Å². The first-order valence-electron chi connectivity index (χ1n) is 6.95. The number of allylic oxidation sites excluding steroid dienone is 2. The van der Waals surface area contributed by atoms with E-state index >= 15 is 0 Å². The zero-order valence-corrected chi connectivity index (χ0v) is 11.2. The molecule has 0 saturated carbocycles. The molecule has 0 amide bonds. The van der Waals surface area contributed by atoms with Gasteiger partial charge in [0, 0.05) is 12.7 Å². The average Bonchev–Trinajstić information content (AvgIpc) is 3.02. The number of rotatable bonds is 4. The van der Waals surface area contributed by atoms with Gasteiger partial charge in [0.2, 0.25) is 0 Å². The van der Waals surface area contributed by atoms with Crippen molar-refractivity contribution in [3.05, 3.63) is 54.4 Å². The Labute approximate surface area is 118 Å². The number of carbonyl (C=O) groups excluding carboxylic acids is 1. The van der Waals surface area contributed by atoms with Gasteiger partial charge in [0.1, 0.15) is 11.7 Å². The highest BCUT2D eigenvalue weighted by Gasteiger charge is 2.41. The second-order valence-corrected chi connectivity index (χ2v) is 5.18. The largest absolute Gasteiger partial charge is 0.368 e. The Balaban J connectivity index is 1.91. The minimum atomic E-state index is -0.821. The molecule has 4 heteroatoms. The predicted octanol–water partition coefficient (Wildman–Crippen LogP) is 1.39. The fourth-order valence-electron chi connectivity index (χ4n) is 2.76. The first kappa shape index (κ1) is 13.2. The predicted molar refractivity (Wildman–Crippen MR) is 76.4 cm³/mol. The molecule has 1 aromatic heterocycles. The Kier molecular flexibility index (Phi) is 3.76. The molecule has 3 atom stereocenters. The summed E-state index contributed by atoms with van der Waals surface area (Å²) in [6.45, 7) is 1.81. The lowest BCUT2D eigenvalue weighted by Crippen LogP contribution is -2.44. The lowest BCUT2D eigenvalue weighted by atomic mass is 9.77. The van der Waals surface area contributed by atoms with Crippen LogP contribution in [0.15, 0.2) is 48.7 Å². The molecule has 1 aliphatic carbocycles. The third kappa shape index (κ3) is 2.32. The van der Waals surface area contributed by atoms with E-state index in [2.05, 4.69) is 10.3 Å². The summed E-state index contributed by atoms with van der Waals surface area (Å²) in [7, 11) is 0. The maximum Gasteiger partial charge on any atom is 0.138 e. The normalized spacial score (nSPS) is 32.4. The van der Waals surface area contributed by atoms with Crippen molar-refractivity contribution < 1.29 is 9.53 Å². The van der Waals surface area contributed by atoms with Crippen LogP contribution in [0.5, 0.6) is 0 Å². The molecule has 0 spiro atoms. The summed E-state index contributed by atoms with van der Waals surface area (Å²) in [5.74, 6) is 0. The van der Waals surface area contributed by atoms with Crippen LogP contribution in [0.3, 0.4) is 0 Å². The van der Waals surface area contributed by atoms with Crippen LogP contribution in [-0.4, -0.2) is 36.6 Å². The highest BCUT2D eigenvalue weighted by atomic mass is 16.5. The number of nitrogens with one attached hydrogen (secondary N) is 1. The smallest absolute Gasteiger partial charge is 0.138 e. The van der Waals surface area contributed by atoms with E-state index in [0.29, 0.717) is 0 Å². The monoisotopic (exact) mass is 270 g/mol. The van der Waals surface area contributed by atoms with Gasteiger partial charge in [-0.1, -0.05) is 30.4 Å². The lowest BCUT2D eigenvalue weighted by molar-refractivity contribution is -0.116. The molecule has 0 radical (unpaired) electrons. The van der Waals surface area contributed by atoms with Crippen molar-refractivity contribution in [1.29, 1.82) is 0 Å². The van der Waals surface area contributed by atoms with E-state index in [9.17, 15) is 4.79 Å². The highest BCUT2D eigenvalue weighted by Crippen LogP contribution is 2.33. The fraction of sp³-hybridized carbons (Fsp3) is 0.375. The van der Waals surface area contributed by atoms with Crippen LogP contribution < -0.4 is 5.32 Å². The molecular weight excluding hydrogens is 252 g/mol. The lowest BCUT2D eigenvalue weighted by Gasteiger charge is -2.34. The molecule has 1 aromatic rings. The summed E-state index contributed by atoms with van der Waals surface area (Å²) in [6.07, 6.45) is 11.1. The van der Waals surface area contributed by atoms with Gasteiger partial charge in [-0.05, 0) is 25.1 Å². The molecule has 4 nitrogen and oxygen atoms in total. The van der Waals surface area contributed by atoms with Gasteiger partial charge in [0.15, 0.2) is 0 Å². The number of aldehydes is 1. The van der Waals surface area contributed by atoms with E-state index < -0.39 is 5.41 Å². The number of pyridine rings is 1. The minimum Gasteiger partial charge on any atom is -0.368 e. The van der Waals surface area contributed by atoms with Gasteiger partial charge in [-0.3, -0.25) is 4.98 Å². The molecule has 1 aliphatic heterocycles. The maximum atomic E-state index is 11.8. The van der Waals surface area contributed by atoms with Crippen molar-refractivity contribution in [2.24, 2.45) is 0 Å². The average molecular weight is 270 g/mol. The minimum absolute atomic E-state index is 0.152. The first-order chi connectivity index (χ1) is 9.85. The van der Waals surface area contributed by atoms with Crippen LogP contribution >= 0.6 is 0 Å². The van der Waals surface area contributed by atoms with E-state index in [-0.39, 0.29) is 12.2 Å². The Morgan fingerprint density at radius 3 is 3.05 bits per heavy atom. The second kappa shape index (κ2) is 5.69. The van der Waals surface area contributed by atoms with Crippen molar-refractivity contribution >= 4 is 6.29 Å². The summed E-state index contributed by atoms with van der Waals surface area (Å²) in [5, 5.41) is 3.28. The molecule has 0 aromatic carbocycles. The molecule has 2 unspecified atom stereocenters. The van der Waals surface area contributed by atoms with E-state index in [1.165, 1.54) is 0 Å². The van der Waals surface area contributed by atoms with Crippen molar-refractivity contribution in [3.8, 4) is 0 Å². The Bertz CT molecular complexity index is 521. The van der Waals surface area contributed by atoms with Gasteiger partial charge >= 0.3 is 0 Å². The first-order valence-corrected chi connectivity index (χ1v) is 6.95. The Morgan fingerprint density at radius 2 is 2.35 bits per heavy atom. The van der Waals surface area contributed by atoms with Crippen molar-refractivity contribution in [2.45, 2.75) is 24.0 Å². The molecule has 104 valence electrons. The maximum absolute atomic E-state index is 11.8. The molecule has 1 saturated heterocycles. The number of hydrogen-bond donors (Lipinski definition) is 1. The third-order valence-electron chi connectivity index (χ3n) is 3.90. The molecule has 1 fully saturated rings. The van der Waals surface area contributed by atoms with Gasteiger partial charge in [-0.25, -0.2) is 0 Å². The fourth-order valence-corrected chi connectivity index (χ4v) is 2.76. The van der Waals surface area contributed by atoms with Gasteiger partial charge in [-0.2, -0.15) is 0 Å². The summed E-state index contributed by atoms with van der Waals surface area (Å²) in [5.41, 5.74) is -0.0925. The van der Waals surface area contributed by atoms with Crippen molar-refractivity contribution in [1.82, 2.24) is 10.3 Å². The number of aromatic nitrogens is 1. The van der Waals surface area contributed by atoms with Gasteiger partial charge < -0.3 is 14.8 Å². The Hall–Kier alpha value is -1.78. The number of hydrogen-bond acceptors (Lipinski definition) is 4. The molecule has 3 rings (SSSR count). The molecule has 2 aliphatic rings. The standard InChI is InChI=1S/C16H18N2O2/c19-12-16(14-5-2-4-9-18-14)8-3-1-6-15(16)20-13-7-10-17-11-13/h1-6,8-9,12-13,15,17H,7,10-11H2/t13-,15?,16?/m0/s1. The van der Waals surface area contributed by atoms with Crippen LogP contribution in [0.2, 0.25) is 0 Å². The summed E-state index contributed by atoms with van der Waals surface area (Å²) >= 11 is 0. The SMILES string of the molecule is O=CC1(c2ccccn2)C=CC=CC1O[C@H]1CCNC1. The van der Waals surface area contributed by atoms with Crippen LogP contribution in [0.25, 0.3) is 0 Å². The molecular formula is C16H18N2O2. The van der Waals surface area contributed by atoms with Crippen LogP contribution in [0, 0.1) is 0 Å². The van der Waals surface area contributed by atoms with E-state index in [4.69, 9.17) is 4.74 Å². The van der Waals surface area contributed by atoms with Crippen LogP contribution in [0.4, 0.5) is 0 Å². The van der Waals surface area contributed by atoms with Crippen molar-refractivity contribution in [3.63, 3.8) is 0 Å². The molecule has 2 heterocycles. The zero-order chi connectivity index (χ0) is 13.8. The number of nitrogens with zero attached hydrogens (tertiary/aromatic N) is 1. The summed E-state index contributed by atoms with van der Waals surface area (Å²) in [6, 6.07) is 5.62. The van der Waals surface area contributed by atoms with E-state index in [0.717, 1.165) is 31.5 Å². The highest BCUT2D eigenvalue weighted by molar-refractivity contribution is 5.74. The summed E-state index contributed by atoms with van der Waals surface area (Å²) in [4.78, 5) is 16.2. The third-order valence-corrected chi connectivity index (χ3v) is 3.90. The molecule has 1 N–H and O–H groups in total. The van der Waals surface area contributed by atoms with E-state index in [1.54, 1.807) is 6.20 Å². The quantitative estimate of drug-likeness (QED) is 0.840. The summed E-state index contributed by atoms with van der Waals surface area (Å²) < 4.78 is 6.14. The molecule has 0 bridgehead atoms.